The van der Waals surface area contributed by atoms with Crippen molar-refractivity contribution in [3.63, 3.8) is 0 Å². The van der Waals surface area contributed by atoms with Gasteiger partial charge in [0, 0.05) is 11.6 Å². The second kappa shape index (κ2) is 10.5. The number of rotatable bonds is 8. The van der Waals surface area contributed by atoms with Crippen molar-refractivity contribution in [2.24, 2.45) is 0 Å². The molecule has 1 heterocycles. The second-order valence-corrected chi connectivity index (χ2v) is 7.34. The molecule has 0 aliphatic heterocycles. The third kappa shape index (κ3) is 4.86. The number of benzene rings is 3. The van der Waals surface area contributed by atoms with Crippen LogP contribution < -0.4 is 14.9 Å². The Hall–Kier alpha value is -4.32. The van der Waals surface area contributed by atoms with E-state index in [-0.39, 0.29) is 28.9 Å². The maximum absolute atomic E-state index is 13.5. The van der Waals surface area contributed by atoms with Gasteiger partial charge in [0.25, 0.3) is 0 Å². The van der Waals surface area contributed by atoms with Gasteiger partial charge in [-0.15, -0.1) is 0 Å². The molecule has 0 saturated carbocycles. The summed E-state index contributed by atoms with van der Waals surface area (Å²) in [5, 5.41) is 0.320. The summed E-state index contributed by atoms with van der Waals surface area (Å²) in [6.07, 6.45) is 3.85. The first-order chi connectivity index (χ1) is 16.6. The van der Waals surface area contributed by atoms with E-state index >= 15 is 0 Å². The molecule has 6 heteroatoms. The van der Waals surface area contributed by atoms with Gasteiger partial charge in [0.2, 0.25) is 11.2 Å². The van der Waals surface area contributed by atoms with Gasteiger partial charge in [0.05, 0.1) is 24.7 Å². The predicted molar refractivity (Wildman–Crippen MR) is 131 cm³/mol. The molecule has 1 aromatic heterocycles. The molecule has 3 aromatic carbocycles. The third-order valence-corrected chi connectivity index (χ3v) is 5.16. The van der Waals surface area contributed by atoms with Crippen molar-refractivity contribution in [1.82, 2.24) is 0 Å². The molecular formula is C28H24O6. The van der Waals surface area contributed by atoms with E-state index in [4.69, 9.17) is 18.6 Å². The molecule has 6 nitrogen and oxygen atoms in total. The number of methoxy groups -OCH3 is 1. The van der Waals surface area contributed by atoms with Crippen molar-refractivity contribution in [2.45, 2.75) is 6.92 Å². The van der Waals surface area contributed by atoms with Gasteiger partial charge in [-0.05, 0) is 36.8 Å². The van der Waals surface area contributed by atoms with Gasteiger partial charge < -0.3 is 18.6 Å². The Morgan fingerprint density at radius 3 is 2.53 bits per heavy atom. The zero-order chi connectivity index (χ0) is 23.9. The van der Waals surface area contributed by atoms with Gasteiger partial charge in [-0.2, -0.15) is 0 Å². The van der Waals surface area contributed by atoms with E-state index in [0.29, 0.717) is 29.1 Å². The van der Waals surface area contributed by atoms with E-state index in [0.717, 1.165) is 5.56 Å². The third-order valence-electron chi connectivity index (χ3n) is 5.16. The maximum atomic E-state index is 13.5. The Labute approximate surface area is 197 Å². The molecule has 0 radical (unpaired) electrons. The Balaban J connectivity index is 1.72. The predicted octanol–water partition coefficient (Wildman–Crippen LogP) is 5.74. The lowest BCUT2D eigenvalue weighted by Gasteiger charge is -2.13. The van der Waals surface area contributed by atoms with Crippen LogP contribution >= 0.6 is 0 Å². The molecule has 4 aromatic rings. The minimum absolute atomic E-state index is 0.0999. The topological polar surface area (TPSA) is 75.0 Å². The molecule has 4 rings (SSSR count). The van der Waals surface area contributed by atoms with Crippen LogP contribution in [0, 0.1) is 0 Å². The molecule has 0 atom stereocenters. The fourth-order valence-corrected chi connectivity index (χ4v) is 3.59. The fourth-order valence-electron chi connectivity index (χ4n) is 3.59. The molecule has 0 spiro atoms. The van der Waals surface area contributed by atoms with Gasteiger partial charge in [0.15, 0.2) is 0 Å². The Kier molecular flexibility index (Phi) is 7.08. The molecule has 172 valence electrons. The van der Waals surface area contributed by atoms with Crippen LogP contribution in [-0.4, -0.2) is 26.3 Å². The smallest absolute Gasteiger partial charge is 0.375 e. The summed E-state index contributed by atoms with van der Waals surface area (Å²) in [6.45, 7) is 2.16. The van der Waals surface area contributed by atoms with Crippen LogP contribution in [0.4, 0.5) is 0 Å². The van der Waals surface area contributed by atoms with Gasteiger partial charge in [0.1, 0.15) is 23.7 Å². The van der Waals surface area contributed by atoms with E-state index in [9.17, 15) is 9.59 Å². The Morgan fingerprint density at radius 2 is 1.76 bits per heavy atom. The number of carbonyl (C=O) groups excluding carboxylic acids is 1. The summed E-state index contributed by atoms with van der Waals surface area (Å²) in [6, 6.07) is 21.8. The highest BCUT2D eigenvalue weighted by atomic mass is 16.5. The minimum atomic E-state index is -0.723. The standard InChI is InChI=1S/C28H24O6/c1-3-32-28(30)27-25(21-13-7-8-14-23(21)31-2)26(29)22-16-15-20(18-24(22)34-27)33-17-9-12-19-10-5-4-6-11-19/h4-16,18H,3,17H2,1-2H3. The summed E-state index contributed by atoms with van der Waals surface area (Å²) in [4.78, 5) is 26.2. The zero-order valence-corrected chi connectivity index (χ0v) is 18.9. The Bertz CT molecular complexity index is 1390. The number of hydrogen-bond donors (Lipinski definition) is 0. The normalized spacial score (nSPS) is 11.0. The molecule has 0 bridgehead atoms. The van der Waals surface area contributed by atoms with Crippen LogP contribution in [0.5, 0.6) is 11.5 Å². The molecular weight excluding hydrogens is 432 g/mol. The molecule has 34 heavy (non-hydrogen) atoms. The highest BCUT2D eigenvalue weighted by Crippen LogP contribution is 2.33. The quantitative estimate of drug-likeness (QED) is 0.315. The van der Waals surface area contributed by atoms with Crippen molar-refractivity contribution in [3.05, 3.63) is 100 Å². The number of ether oxygens (including phenoxy) is 3. The summed E-state index contributed by atoms with van der Waals surface area (Å²) < 4.78 is 22.3. The second-order valence-electron chi connectivity index (χ2n) is 7.34. The highest BCUT2D eigenvalue weighted by Gasteiger charge is 2.25. The summed E-state index contributed by atoms with van der Waals surface area (Å²) in [5.74, 6) is 0.0579. The highest BCUT2D eigenvalue weighted by molar-refractivity contribution is 5.98. The number of hydrogen-bond acceptors (Lipinski definition) is 6. The molecule has 0 fully saturated rings. The van der Waals surface area contributed by atoms with Gasteiger partial charge in [-0.25, -0.2) is 4.79 Å². The largest absolute Gasteiger partial charge is 0.496 e. The number of para-hydroxylation sites is 1. The van der Waals surface area contributed by atoms with E-state index in [2.05, 4.69) is 0 Å². The van der Waals surface area contributed by atoms with Crippen LogP contribution in [0.25, 0.3) is 28.2 Å². The van der Waals surface area contributed by atoms with Crippen LogP contribution in [0.3, 0.4) is 0 Å². The molecule has 0 aliphatic rings. The van der Waals surface area contributed by atoms with Gasteiger partial charge >= 0.3 is 5.97 Å². The van der Waals surface area contributed by atoms with E-state index in [1.165, 1.54) is 7.11 Å². The summed E-state index contributed by atoms with van der Waals surface area (Å²) >= 11 is 0. The Morgan fingerprint density at radius 1 is 1.00 bits per heavy atom. The first-order valence-corrected chi connectivity index (χ1v) is 10.9. The lowest BCUT2D eigenvalue weighted by Crippen LogP contribution is -2.15. The maximum Gasteiger partial charge on any atom is 0.375 e. The van der Waals surface area contributed by atoms with Crippen LogP contribution in [0.2, 0.25) is 0 Å². The lowest BCUT2D eigenvalue weighted by atomic mass is 10.0. The van der Waals surface area contributed by atoms with Crippen molar-refractivity contribution >= 4 is 23.0 Å². The number of fused-ring (bicyclic) bond motifs is 1. The molecule has 0 aliphatic carbocycles. The first-order valence-electron chi connectivity index (χ1n) is 10.9. The molecule has 0 unspecified atom stereocenters. The number of esters is 1. The van der Waals surface area contributed by atoms with Crippen LogP contribution in [0.15, 0.2) is 88.1 Å². The van der Waals surface area contributed by atoms with Crippen molar-refractivity contribution in [3.8, 4) is 22.6 Å². The molecule has 0 N–H and O–H groups in total. The van der Waals surface area contributed by atoms with E-state index in [1.807, 2.05) is 42.5 Å². The summed E-state index contributed by atoms with van der Waals surface area (Å²) in [7, 11) is 1.50. The lowest BCUT2D eigenvalue weighted by molar-refractivity contribution is 0.0492. The summed E-state index contributed by atoms with van der Waals surface area (Å²) in [5.41, 5.74) is 1.50. The monoisotopic (exact) mass is 456 g/mol. The zero-order valence-electron chi connectivity index (χ0n) is 18.9. The van der Waals surface area contributed by atoms with Crippen LogP contribution in [-0.2, 0) is 4.74 Å². The van der Waals surface area contributed by atoms with E-state index in [1.54, 1.807) is 49.4 Å². The molecule has 0 amide bonds. The van der Waals surface area contributed by atoms with Crippen LogP contribution in [0.1, 0.15) is 23.0 Å². The van der Waals surface area contributed by atoms with E-state index < -0.39 is 5.97 Å². The van der Waals surface area contributed by atoms with Crippen molar-refractivity contribution in [1.29, 1.82) is 0 Å². The SMILES string of the molecule is CCOC(=O)c1oc2cc(OCC=Cc3ccccc3)ccc2c(=O)c1-c1ccccc1OC. The van der Waals surface area contributed by atoms with Gasteiger partial charge in [-0.3, -0.25) is 4.79 Å². The van der Waals surface area contributed by atoms with Crippen molar-refractivity contribution in [2.75, 3.05) is 20.3 Å². The first kappa shape index (κ1) is 22.9. The van der Waals surface area contributed by atoms with Crippen molar-refractivity contribution < 1.29 is 23.4 Å². The minimum Gasteiger partial charge on any atom is -0.496 e. The molecule has 0 saturated heterocycles. The number of carbonyl (C=O) groups is 1. The van der Waals surface area contributed by atoms with Gasteiger partial charge in [-0.1, -0.05) is 54.6 Å². The fraction of sp³-hybridized carbons (Fsp3) is 0.143. The average molecular weight is 456 g/mol. The average Bonchev–Trinajstić information content (AvgIpc) is 2.87.